The summed E-state index contributed by atoms with van der Waals surface area (Å²) in [5.41, 5.74) is 0.956. The monoisotopic (exact) mass is 313 g/mol. The largest absolute Gasteiger partial charge is 0.298 e. The van der Waals surface area contributed by atoms with Gasteiger partial charge in [-0.3, -0.25) is 14.3 Å². The lowest BCUT2D eigenvalue weighted by molar-refractivity contribution is 0.651. The van der Waals surface area contributed by atoms with Gasteiger partial charge in [-0.2, -0.15) is 0 Å². The Kier molecular flexibility index (Phi) is 3.91. The minimum atomic E-state index is -0.168. The Balaban J connectivity index is 2.16. The lowest BCUT2D eigenvalue weighted by Crippen LogP contribution is -2.22. The van der Waals surface area contributed by atoms with Crippen LogP contribution in [0.25, 0.3) is 0 Å². The molecule has 0 N–H and O–H groups in total. The van der Waals surface area contributed by atoms with Crippen LogP contribution in [-0.2, 0) is 13.0 Å². The van der Waals surface area contributed by atoms with Gasteiger partial charge in [0, 0.05) is 18.9 Å². The third-order valence-corrected chi connectivity index (χ3v) is 3.56. The summed E-state index contributed by atoms with van der Waals surface area (Å²) in [6.07, 6.45) is 5.66. The van der Waals surface area contributed by atoms with Crippen LogP contribution in [0.5, 0.6) is 0 Å². The zero-order valence-corrected chi connectivity index (χ0v) is 11.1. The number of halogens is 2. The molecule has 17 heavy (non-hydrogen) atoms. The van der Waals surface area contributed by atoms with Gasteiger partial charge in [-0.25, -0.2) is 4.98 Å². The molecule has 2 rings (SSSR count). The van der Waals surface area contributed by atoms with E-state index in [0.717, 1.165) is 12.0 Å². The third-order valence-electron chi connectivity index (χ3n) is 2.33. The van der Waals surface area contributed by atoms with Crippen molar-refractivity contribution in [2.24, 2.45) is 0 Å². The number of rotatable bonds is 3. The molecule has 0 spiro atoms. The Morgan fingerprint density at radius 2 is 2.06 bits per heavy atom. The molecule has 2 aromatic heterocycles. The van der Waals surface area contributed by atoms with Crippen LogP contribution < -0.4 is 5.56 Å². The molecule has 88 valence electrons. The molecule has 0 aliphatic rings. The van der Waals surface area contributed by atoms with Crippen LogP contribution in [0, 0.1) is 0 Å². The molecular weight excluding hydrogens is 305 g/mol. The van der Waals surface area contributed by atoms with E-state index in [1.54, 1.807) is 12.4 Å². The van der Waals surface area contributed by atoms with Crippen LogP contribution >= 0.6 is 27.5 Å². The fourth-order valence-corrected chi connectivity index (χ4v) is 1.86. The number of aromatic nitrogens is 3. The van der Waals surface area contributed by atoms with E-state index in [0.29, 0.717) is 11.0 Å². The van der Waals surface area contributed by atoms with Gasteiger partial charge in [0.1, 0.15) is 4.47 Å². The highest BCUT2D eigenvalue weighted by atomic mass is 79.9. The Labute approximate surface area is 111 Å². The molecule has 0 fully saturated rings. The molecular formula is C11H9BrClN3O. The Morgan fingerprint density at radius 3 is 2.76 bits per heavy atom. The van der Waals surface area contributed by atoms with Crippen molar-refractivity contribution in [3.05, 3.63) is 56.4 Å². The third kappa shape index (κ3) is 2.92. The van der Waals surface area contributed by atoms with Gasteiger partial charge in [0.05, 0.1) is 6.33 Å². The topological polar surface area (TPSA) is 47.8 Å². The van der Waals surface area contributed by atoms with Gasteiger partial charge in [-0.1, -0.05) is 11.6 Å². The van der Waals surface area contributed by atoms with E-state index >= 15 is 0 Å². The molecule has 0 saturated heterocycles. The molecule has 0 radical (unpaired) electrons. The first-order chi connectivity index (χ1) is 8.18. The molecule has 6 heteroatoms. The quantitative estimate of drug-likeness (QED) is 0.817. The van der Waals surface area contributed by atoms with Crippen molar-refractivity contribution >= 4 is 27.5 Å². The van der Waals surface area contributed by atoms with Crippen molar-refractivity contribution in [1.82, 2.24) is 14.5 Å². The molecule has 0 amide bonds. The summed E-state index contributed by atoms with van der Waals surface area (Å²) in [6.45, 7) is 0.561. The number of hydrogen-bond donors (Lipinski definition) is 0. The number of pyridine rings is 1. The highest BCUT2D eigenvalue weighted by Crippen LogP contribution is 2.13. The first-order valence-electron chi connectivity index (χ1n) is 4.98. The Hall–Kier alpha value is -1.20. The van der Waals surface area contributed by atoms with Crippen molar-refractivity contribution in [1.29, 1.82) is 0 Å². The molecule has 0 aliphatic heterocycles. The maximum absolute atomic E-state index is 11.8. The summed E-state index contributed by atoms with van der Waals surface area (Å²) in [7, 11) is 0. The van der Waals surface area contributed by atoms with Gasteiger partial charge in [-0.15, -0.1) is 0 Å². The summed E-state index contributed by atoms with van der Waals surface area (Å²) in [6, 6.07) is 3.84. The average Bonchev–Trinajstić information content (AvgIpc) is 2.36. The minimum absolute atomic E-state index is 0.168. The van der Waals surface area contributed by atoms with Crippen molar-refractivity contribution in [2.45, 2.75) is 13.0 Å². The standard InChI is InChI=1S/C11H9BrClN3O/c12-9-10(13)15-7-16(11(9)17)6-3-8-1-4-14-5-2-8/h1-2,4-5,7H,3,6H2. The molecule has 0 bridgehead atoms. The van der Waals surface area contributed by atoms with Gasteiger partial charge in [-0.05, 0) is 40.0 Å². The summed E-state index contributed by atoms with van der Waals surface area (Å²) in [5, 5.41) is 0.190. The molecule has 2 heterocycles. The zero-order valence-electron chi connectivity index (χ0n) is 8.81. The van der Waals surface area contributed by atoms with Crippen LogP contribution in [0.4, 0.5) is 0 Å². The van der Waals surface area contributed by atoms with Crippen LogP contribution in [0.1, 0.15) is 5.56 Å². The minimum Gasteiger partial charge on any atom is -0.298 e. The first kappa shape index (κ1) is 12.3. The molecule has 2 aromatic rings. The van der Waals surface area contributed by atoms with Crippen LogP contribution in [-0.4, -0.2) is 14.5 Å². The molecule has 0 atom stereocenters. The Bertz CT molecular complexity index is 571. The first-order valence-corrected chi connectivity index (χ1v) is 6.15. The predicted molar refractivity (Wildman–Crippen MR) is 69.1 cm³/mol. The normalized spacial score (nSPS) is 10.5. The van der Waals surface area contributed by atoms with E-state index in [2.05, 4.69) is 25.9 Å². The van der Waals surface area contributed by atoms with E-state index in [9.17, 15) is 4.79 Å². The highest BCUT2D eigenvalue weighted by Gasteiger charge is 2.06. The average molecular weight is 315 g/mol. The smallest absolute Gasteiger partial charge is 0.269 e. The van der Waals surface area contributed by atoms with Gasteiger partial charge in [0.2, 0.25) is 0 Å². The Morgan fingerprint density at radius 1 is 1.35 bits per heavy atom. The van der Waals surface area contributed by atoms with Crippen LogP contribution in [0.2, 0.25) is 5.15 Å². The molecule has 4 nitrogen and oxygen atoms in total. The summed E-state index contributed by atoms with van der Waals surface area (Å²) >= 11 is 8.84. The fraction of sp³-hybridized carbons (Fsp3) is 0.182. The molecule has 0 saturated carbocycles. The van der Waals surface area contributed by atoms with Crippen molar-refractivity contribution in [3.63, 3.8) is 0 Å². The van der Waals surface area contributed by atoms with Crippen molar-refractivity contribution in [2.75, 3.05) is 0 Å². The van der Waals surface area contributed by atoms with E-state index < -0.39 is 0 Å². The second-order valence-corrected chi connectivity index (χ2v) is 4.60. The summed E-state index contributed by atoms with van der Waals surface area (Å²) in [4.78, 5) is 19.6. The number of nitrogens with zero attached hydrogens (tertiary/aromatic N) is 3. The lowest BCUT2D eigenvalue weighted by atomic mass is 10.2. The second-order valence-electron chi connectivity index (χ2n) is 3.45. The maximum Gasteiger partial charge on any atom is 0.269 e. The van der Waals surface area contributed by atoms with Crippen LogP contribution in [0.15, 0.2) is 40.1 Å². The van der Waals surface area contributed by atoms with E-state index in [1.165, 1.54) is 10.9 Å². The van der Waals surface area contributed by atoms with E-state index in [1.807, 2.05) is 12.1 Å². The van der Waals surface area contributed by atoms with Gasteiger partial charge in [0.25, 0.3) is 5.56 Å². The molecule has 0 aromatic carbocycles. The molecule has 0 unspecified atom stereocenters. The SMILES string of the molecule is O=c1c(Br)c(Cl)ncn1CCc1ccncc1. The number of aryl methyl sites for hydroxylation is 2. The van der Waals surface area contributed by atoms with Crippen LogP contribution in [0.3, 0.4) is 0 Å². The lowest BCUT2D eigenvalue weighted by Gasteiger charge is -2.06. The second kappa shape index (κ2) is 5.42. The summed E-state index contributed by atoms with van der Waals surface area (Å²) in [5.74, 6) is 0. The van der Waals surface area contributed by atoms with Gasteiger partial charge < -0.3 is 0 Å². The highest BCUT2D eigenvalue weighted by molar-refractivity contribution is 9.10. The predicted octanol–water partition coefficient (Wildman–Crippen LogP) is 2.30. The van der Waals surface area contributed by atoms with Crippen molar-refractivity contribution in [3.8, 4) is 0 Å². The zero-order chi connectivity index (χ0) is 12.3. The summed E-state index contributed by atoms with van der Waals surface area (Å²) < 4.78 is 1.83. The van der Waals surface area contributed by atoms with Gasteiger partial charge in [0.15, 0.2) is 5.15 Å². The van der Waals surface area contributed by atoms with E-state index in [-0.39, 0.29) is 10.7 Å². The fourth-order valence-electron chi connectivity index (χ4n) is 1.40. The van der Waals surface area contributed by atoms with E-state index in [4.69, 9.17) is 11.6 Å². The maximum atomic E-state index is 11.8. The molecule has 0 aliphatic carbocycles. The number of hydrogen-bond acceptors (Lipinski definition) is 3. The van der Waals surface area contributed by atoms with Gasteiger partial charge >= 0.3 is 0 Å². The van der Waals surface area contributed by atoms with Crippen molar-refractivity contribution < 1.29 is 0 Å².